The first kappa shape index (κ1) is 10.2. The number of halogens is 1. The topological polar surface area (TPSA) is 35.8 Å². The second-order valence-electron chi connectivity index (χ2n) is 3.06. The maximum atomic E-state index is 9.82. The molecule has 0 bridgehead atoms. The summed E-state index contributed by atoms with van der Waals surface area (Å²) < 4.78 is 0. The van der Waals surface area contributed by atoms with E-state index in [0.717, 1.165) is 5.17 Å². The Balaban J connectivity index is 2.80. The van der Waals surface area contributed by atoms with Crippen LogP contribution in [-0.4, -0.2) is 46.1 Å². The Labute approximate surface area is 81.8 Å². The first-order valence-electron chi connectivity index (χ1n) is 3.72. The number of aliphatic hydroxyl groups is 1. The average Bonchev–Trinajstić information content (AvgIpc) is 2.30. The first-order chi connectivity index (χ1) is 5.49. The summed E-state index contributed by atoms with van der Waals surface area (Å²) in [4.78, 5) is 6.03. The quantitative estimate of drug-likeness (QED) is 0.653. The fourth-order valence-electron chi connectivity index (χ4n) is 0.879. The van der Waals surface area contributed by atoms with Gasteiger partial charge in [0.1, 0.15) is 0 Å². The van der Waals surface area contributed by atoms with Crippen LogP contribution in [0.4, 0.5) is 0 Å². The highest BCUT2D eigenvalue weighted by Crippen LogP contribution is 2.34. The van der Waals surface area contributed by atoms with Crippen LogP contribution in [0, 0.1) is 0 Å². The third-order valence-corrected chi connectivity index (χ3v) is 3.59. The summed E-state index contributed by atoms with van der Waals surface area (Å²) in [5.74, 6) is 0.151. The Morgan fingerprint density at radius 3 is 2.58 bits per heavy atom. The molecule has 1 heterocycles. The van der Waals surface area contributed by atoms with Crippen LogP contribution in [0.3, 0.4) is 0 Å². The molecule has 2 unspecified atom stereocenters. The minimum atomic E-state index is -1.08. The molecule has 5 heteroatoms. The Kier molecular flexibility index (Phi) is 2.91. The maximum Gasteiger partial charge on any atom is 0.184 e. The normalized spacial score (nSPS) is 35.1. The van der Waals surface area contributed by atoms with Crippen molar-refractivity contribution in [2.75, 3.05) is 20.0 Å². The number of hydrogen-bond acceptors (Lipinski definition) is 4. The van der Waals surface area contributed by atoms with E-state index in [1.54, 1.807) is 11.8 Å². The van der Waals surface area contributed by atoms with Gasteiger partial charge in [-0.15, -0.1) is 11.6 Å². The van der Waals surface area contributed by atoms with Crippen LogP contribution in [0.5, 0.6) is 0 Å². The van der Waals surface area contributed by atoms with Crippen molar-refractivity contribution in [3.8, 4) is 0 Å². The molecule has 1 aliphatic rings. The fourth-order valence-corrected chi connectivity index (χ4v) is 2.32. The van der Waals surface area contributed by atoms with E-state index in [-0.39, 0.29) is 11.1 Å². The number of nitrogens with zero attached hydrogens (tertiary/aromatic N) is 2. The second kappa shape index (κ2) is 3.44. The number of rotatable bonds is 1. The summed E-state index contributed by atoms with van der Waals surface area (Å²) in [5.41, 5.74) is -1.08. The highest BCUT2D eigenvalue weighted by Gasteiger charge is 2.40. The van der Waals surface area contributed by atoms with Crippen LogP contribution in [0.2, 0.25) is 0 Å². The highest BCUT2D eigenvalue weighted by atomic mass is 35.5. The number of aliphatic imine (C=N–C) groups is 1. The van der Waals surface area contributed by atoms with Crippen molar-refractivity contribution in [1.29, 1.82) is 0 Å². The van der Waals surface area contributed by atoms with Crippen molar-refractivity contribution in [2.45, 2.75) is 17.9 Å². The van der Waals surface area contributed by atoms with E-state index in [1.165, 1.54) is 0 Å². The van der Waals surface area contributed by atoms with E-state index < -0.39 is 5.72 Å². The molecule has 0 saturated carbocycles. The van der Waals surface area contributed by atoms with E-state index in [0.29, 0.717) is 0 Å². The summed E-state index contributed by atoms with van der Waals surface area (Å²) in [5, 5.41) is 10.7. The molecule has 3 nitrogen and oxygen atoms in total. The monoisotopic (exact) mass is 208 g/mol. The highest BCUT2D eigenvalue weighted by molar-refractivity contribution is 8.14. The first-order valence-corrected chi connectivity index (χ1v) is 5.13. The SMILES string of the molecule is CC1SC(N(C)C)=NC1(O)CCl. The summed E-state index contributed by atoms with van der Waals surface area (Å²) in [6, 6.07) is 0. The molecular formula is C7H13ClN2OS. The van der Waals surface area contributed by atoms with Gasteiger partial charge >= 0.3 is 0 Å². The van der Waals surface area contributed by atoms with Crippen molar-refractivity contribution in [3.63, 3.8) is 0 Å². The van der Waals surface area contributed by atoms with Crippen molar-refractivity contribution in [2.24, 2.45) is 4.99 Å². The van der Waals surface area contributed by atoms with Gasteiger partial charge < -0.3 is 10.0 Å². The fraction of sp³-hybridized carbons (Fsp3) is 0.857. The van der Waals surface area contributed by atoms with E-state index in [2.05, 4.69) is 4.99 Å². The zero-order chi connectivity index (χ0) is 9.35. The van der Waals surface area contributed by atoms with E-state index in [9.17, 15) is 5.11 Å². The molecule has 1 aliphatic heterocycles. The van der Waals surface area contributed by atoms with Crippen molar-refractivity contribution in [3.05, 3.63) is 0 Å². The molecular weight excluding hydrogens is 196 g/mol. The minimum absolute atomic E-state index is 0.0346. The van der Waals surface area contributed by atoms with Gasteiger partial charge in [-0.05, 0) is 6.92 Å². The molecule has 70 valence electrons. The molecule has 0 aromatic carbocycles. The zero-order valence-electron chi connectivity index (χ0n) is 7.41. The molecule has 1 rings (SSSR count). The van der Waals surface area contributed by atoms with Gasteiger partial charge in [-0.25, -0.2) is 4.99 Å². The maximum absolute atomic E-state index is 9.82. The lowest BCUT2D eigenvalue weighted by molar-refractivity contribution is 0.0782. The van der Waals surface area contributed by atoms with Crippen LogP contribution in [0.25, 0.3) is 0 Å². The summed E-state index contributed by atoms with van der Waals surface area (Å²) in [6.45, 7) is 1.92. The third-order valence-electron chi connectivity index (χ3n) is 1.80. The zero-order valence-corrected chi connectivity index (χ0v) is 8.98. The largest absolute Gasteiger partial charge is 0.367 e. The second-order valence-corrected chi connectivity index (χ2v) is 4.64. The lowest BCUT2D eigenvalue weighted by Gasteiger charge is -2.19. The van der Waals surface area contributed by atoms with Crippen LogP contribution in [0.15, 0.2) is 4.99 Å². The smallest absolute Gasteiger partial charge is 0.184 e. The van der Waals surface area contributed by atoms with Gasteiger partial charge in [0.25, 0.3) is 0 Å². The van der Waals surface area contributed by atoms with Gasteiger partial charge in [-0.1, -0.05) is 11.8 Å². The molecule has 0 amide bonds. The standard InChI is InChI=1S/C7H13ClN2OS/c1-5-7(11,4-8)9-6(12-5)10(2)3/h5,11H,4H2,1-3H3. The third kappa shape index (κ3) is 1.70. The minimum Gasteiger partial charge on any atom is -0.367 e. The molecule has 2 atom stereocenters. The van der Waals surface area contributed by atoms with Gasteiger partial charge in [-0.2, -0.15) is 0 Å². The van der Waals surface area contributed by atoms with E-state index in [1.807, 2.05) is 25.9 Å². The van der Waals surface area contributed by atoms with Crippen molar-refractivity contribution >= 4 is 28.5 Å². The summed E-state index contributed by atoms with van der Waals surface area (Å²) in [6.07, 6.45) is 0. The van der Waals surface area contributed by atoms with Gasteiger partial charge in [0.2, 0.25) is 0 Å². The van der Waals surface area contributed by atoms with E-state index >= 15 is 0 Å². The van der Waals surface area contributed by atoms with E-state index in [4.69, 9.17) is 11.6 Å². The molecule has 0 saturated heterocycles. The summed E-state index contributed by atoms with van der Waals surface area (Å²) >= 11 is 7.17. The Morgan fingerprint density at radius 2 is 2.33 bits per heavy atom. The van der Waals surface area contributed by atoms with Gasteiger partial charge in [0.05, 0.1) is 11.1 Å². The average molecular weight is 209 g/mol. The molecule has 0 aromatic heterocycles. The molecule has 0 spiro atoms. The van der Waals surface area contributed by atoms with Crippen molar-refractivity contribution < 1.29 is 5.11 Å². The van der Waals surface area contributed by atoms with Gasteiger partial charge in [0, 0.05) is 14.1 Å². The number of alkyl halides is 1. The predicted octanol–water partition coefficient (Wildman–Crippen LogP) is 0.967. The Bertz CT molecular complexity index is 210. The number of hydrogen-bond donors (Lipinski definition) is 1. The number of thioether (sulfide) groups is 1. The van der Waals surface area contributed by atoms with Crippen LogP contribution >= 0.6 is 23.4 Å². The van der Waals surface area contributed by atoms with Crippen LogP contribution < -0.4 is 0 Å². The molecule has 0 radical (unpaired) electrons. The molecule has 0 aromatic rings. The summed E-state index contributed by atoms with van der Waals surface area (Å²) in [7, 11) is 3.80. The predicted molar refractivity (Wildman–Crippen MR) is 53.8 cm³/mol. The molecule has 0 aliphatic carbocycles. The van der Waals surface area contributed by atoms with Gasteiger partial charge in [0.15, 0.2) is 10.9 Å². The number of amidine groups is 1. The van der Waals surface area contributed by atoms with Gasteiger partial charge in [-0.3, -0.25) is 0 Å². The molecule has 0 fully saturated rings. The lowest BCUT2D eigenvalue weighted by atomic mass is 10.2. The molecule has 12 heavy (non-hydrogen) atoms. The lowest BCUT2D eigenvalue weighted by Crippen LogP contribution is -2.35. The van der Waals surface area contributed by atoms with Crippen molar-refractivity contribution in [1.82, 2.24) is 4.90 Å². The Morgan fingerprint density at radius 1 is 1.75 bits per heavy atom. The Hall–Kier alpha value is 0.0700. The molecule has 1 N–H and O–H groups in total. The van der Waals surface area contributed by atoms with Crippen LogP contribution in [0.1, 0.15) is 6.92 Å². The van der Waals surface area contributed by atoms with Crippen LogP contribution in [-0.2, 0) is 0 Å².